The Morgan fingerprint density at radius 3 is 2.15 bits per heavy atom. The smallest absolute Gasteiger partial charge is 0.123 e. The van der Waals surface area contributed by atoms with Crippen LogP contribution in [0.3, 0.4) is 0 Å². The normalized spacial score (nSPS) is 10.9. The molecule has 0 aliphatic rings. The van der Waals surface area contributed by atoms with Gasteiger partial charge in [-0.2, -0.15) is 0 Å². The number of rotatable bonds is 3. The second kappa shape index (κ2) is 6.26. The van der Waals surface area contributed by atoms with Crippen molar-refractivity contribution in [2.75, 3.05) is 7.11 Å². The Morgan fingerprint density at radius 2 is 1.55 bits per heavy atom. The fourth-order valence-electron chi connectivity index (χ4n) is 2.11. The lowest BCUT2D eigenvalue weighted by molar-refractivity contribution is 0.407. The van der Waals surface area contributed by atoms with Gasteiger partial charge < -0.3 is 4.74 Å². The molecule has 0 fully saturated rings. The van der Waals surface area contributed by atoms with Crippen LogP contribution in [0.4, 0.5) is 0 Å². The van der Waals surface area contributed by atoms with Crippen molar-refractivity contribution >= 4 is 34.8 Å². The molecule has 2 rings (SSSR count). The summed E-state index contributed by atoms with van der Waals surface area (Å²) < 4.78 is 5.39. The maximum Gasteiger partial charge on any atom is 0.123 e. The molecule has 0 N–H and O–H groups in total. The molecule has 106 valence electrons. The maximum atomic E-state index is 6.36. The molecule has 2 aromatic rings. The zero-order valence-electron chi connectivity index (χ0n) is 11.5. The summed E-state index contributed by atoms with van der Waals surface area (Å²) >= 11 is 18.7. The maximum absolute atomic E-state index is 6.36. The quantitative estimate of drug-likeness (QED) is 0.629. The van der Waals surface area contributed by atoms with Crippen LogP contribution in [-0.2, 0) is 0 Å². The van der Waals surface area contributed by atoms with Crippen molar-refractivity contribution in [3.8, 4) is 16.9 Å². The summed E-state index contributed by atoms with van der Waals surface area (Å²) in [6, 6.07) is 9.19. The van der Waals surface area contributed by atoms with Crippen LogP contribution >= 0.6 is 34.8 Å². The highest BCUT2D eigenvalue weighted by atomic mass is 35.5. The average Bonchev–Trinajstić information content (AvgIpc) is 2.41. The van der Waals surface area contributed by atoms with Crippen molar-refractivity contribution in [3.05, 3.63) is 51.0 Å². The number of ether oxygens (including phenoxy) is 1. The highest BCUT2D eigenvalue weighted by Crippen LogP contribution is 2.40. The molecule has 0 heterocycles. The summed E-state index contributed by atoms with van der Waals surface area (Å²) in [5.41, 5.74) is 2.78. The molecule has 0 atom stereocenters. The Hall–Kier alpha value is -0.890. The average molecular weight is 330 g/mol. The summed E-state index contributed by atoms with van der Waals surface area (Å²) in [5.74, 6) is 1.10. The Morgan fingerprint density at radius 1 is 0.900 bits per heavy atom. The fraction of sp³-hybridized carbons (Fsp3) is 0.250. The number of hydrogen-bond donors (Lipinski definition) is 0. The summed E-state index contributed by atoms with van der Waals surface area (Å²) in [5, 5.41) is 1.84. The van der Waals surface area contributed by atoms with Gasteiger partial charge in [0.1, 0.15) is 5.75 Å². The molecular weight excluding hydrogens is 315 g/mol. The molecule has 0 unspecified atom stereocenters. The standard InChI is InChI=1S/C16H15Cl3O/c1-9(2)11-7-13(15(19)8-16(11)20-3)12-6-10(17)4-5-14(12)18/h4-9H,1-3H3. The van der Waals surface area contributed by atoms with Crippen LogP contribution < -0.4 is 4.74 Å². The minimum absolute atomic E-state index is 0.318. The molecule has 0 aromatic heterocycles. The summed E-state index contributed by atoms with van der Waals surface area (Å²) in [6.45, 7) is 4.21. The number of methoxy groups -OCH3 is 1. The number of benzene rings is 2. The van der Waals surface area contributed by atoms with E-state index in [0.717, 1.165) is 22.4 Å². The van der Waals surface area contributed by atoms with Gasteiger partial charge in [-0.1, -0.05) is 48.7 Å². The van der Waals surface area contributed by atoms with Crippen molar-refractivity contribution in [2.24, 2.45) is 0 Å². The molecule has 0 amide bonds. The van der Waals surface area contributed by atoms with Crippen molar-refractivity contribution < 1.29 is 4.74 Å². The van der Waals surface area contributed by atoms with Crippen molar-refractivity contribution in [1.29, 1.82) is 0 Å². The number of hydrogen-bond acceptors (Lipinski definition) is 1. The zero-order valence-corrected chi connectivity index (χ0v) is 13.8. The largest absolute Gasteiger partial charge is 0.496 e. The van der Waals surface area contributed by atoms with Crippen LogP contribution in [0.25, 0.3) is 11.1 Å². The molecule has 0 aliphatic carbocycles. The topological polar surface area (TPSA) is 9.23 Å². The second-order valence-electron chi connectivity index (χ2n) is 4.85. The van der Waals surface area contributed by atoms with E-state index in [0.29, 0.717) is 21.0 Å². The minimum Gasteiger partial charge on any atom is -0.496 e. The van der Waals surface area contributed by atoms with Gasteiger partial charge in [-0.15, -0.1) is 0 Å². The van der Waals surface area contributed by atoms with E-state index in [1.54, 1.807) is 19.2 Å². The van der Waals surface area contributed by atoms with E-state index in [-0.39, 0.29) is 0 Å². The van der Waals surface area contributed by atoms with Crippen LogP contribution in [0.2, 0.25) is 15.1 Å². The van der Waals surface area contributed by atoms with E-state index in [1.165, 1.54) is 0 Å². The molecule has 0 radical (unpaired) electrons. The van der Waals surface area contributed by atoms with Gasteiger partial charge in [0.05, 0.1) is 12.1 Å². The van der Waals surface area contributed by atoms with Gasteiger partial charge in [-0.3, -0.25) is 0 Å². The van der Waals surface area contributed by atoms with E-state index >= 15 is 0 Å². The molecular formula is C16H15Cl3O. The minimum atomic E-state index is 0.318. The van der Waals surface area contributed by atoms with Gasteiger partial charge in [-0.05, 0) is 41.8 Å². The van der Waals surface area contributed by atoms with Gasteiger partial charge in [0, 0.05) is 21.2 Å². The summed E-state index contributed by atoms with van der Waals surface area (Å²) in [6.07, 6.45) is 0. The monoisotopic (exact) mass is 328 g/mol. The van der Waals surface area contributed by atoms with Crippen molar-refractivity contribution in [1.82, 2.24) is 0 Å². The van der Waals surface area contributed by atoms with Crippen LogP contribution in [0.15, 0.2) is 30.3 Å². The first kappa shape index (κ1) is 15.5. The molecule has 4 heteroatoms. The predicted molar refractivity (Wildman–Crippen MR) is 87.5 cm³/mol. The van der Waals surface area contributed by atoms with Gasteiger partial charge >= 0.3 is 0 Å². The molecule has 0 saturated heterocycles. The second-order valence-corrected chi connectivity index (χ2v) is 6.10. The van der Waals surface area contributed by atoms with E-state index in [1.807, 2.05) is 18.2 Å². The highest BCUT2D eigenvalue weighted by molar-refractivity contribution is 6.37. The molecule has 0 aliphatic heterocycles. The summed E-state index contributed by atoms with van der Waals surface area (Å²) in [4.78, 5) is 0. The lowest BCUT2D eigenvalue weighted by atomic mass is 9.96. The van der Waals surface area contributed by atoms with Gasteiger partial charge in [0.25, 0.3) is 0 Å². The van der Waals surface area contributed by atoms with Gasteiger partial charge in [0.2, 0.25) is 0 Å². The van der Waals surface area contributed by atoms with Crippen molar-refractivity contribution in [2.45, 2.75) is 19.8 Å². The van der Waals surface area contributed by atoms with Gasteiger partial charge in [0.15, 0.2) is 0 Å². The molecule has 20 heavy (non-hydrogen) atoms. The highest BCUT2D eigenvalue weighted by Gasteiger charge is 2.15. The first-order chi connectivity index (χ1) is 9.43. The van der Waals surface area contributed by atoms with Gasteiger partial charge in [-0.25, -0.2) is 0 Å². The lowest BCUT2D eigenvalue weighted by Crippen LogP contribution is -1.96. The van der Waals surface area contributed by atoms with Crippen LogP contribution in [-0.4, -0.2) is 7.11 Å². The zero-order chi connectivity index (χ0) is 14.9. The van der Waals surface area contributed by atoms with E-state index in [2.05, 4.69) is 13.8 Å². The SMILES string of the molecule is COc1cc(Cl)c(-c2cc(Cl)ccc2Cl)cc1C(C)C. The Labute approximate surface area is 134 Å². The molecule has 1 nitrogen and oxygen atoms in total. The Balaban J connectivity index is 2.68. The lowest BCUT2D eigenvalue weighted by Gasteiger charge is -2.16. The predicted octanol–water partition coefficient (Wildman–Crippen LogP) is 6.45. The van der Waals surface area contributed by atoms with E-state index in [9.17, 15) is 0 Å². The summed E-state index contributed by atoms with van der Waals surface area (Å²) in [7, 11) is 1.64. The van der Waals surface area contributed by atoms with E-state index in [4.69, 9.17) is 39.5 Å². The fourth-order valence-corrected chi connectivity index (χ4v) is 2.76. The third kappa shape index (κ3) is 3.06. The van der Waals surface area contributed by atoms with Crippen LogP contribution in [0, 0.1) is 0 Å². The molecule has 2 aromatic carbocycles. The third-order valence-corrected chi connectivity index (χ3v) is 4.04. The van der Waals surface area contributed by atoms with E-state index < -0.39 is 0 Å². The molecule has 0 spiro atoms. The van der Waals surface area contributed by atoms with Crippen molar-refractivity contribution in [3.63, 3.8) is 0 Å². The number of halogens is 3. The first-order valence-corrected chi connectivity index (χ1v) is 7.40. The molecule has 0 saturated carbocycles. The third-order valence-electron chi connectivity index (χ3n) is 3.16. The van der Waals surface area contributed by atoms with Crippen LogP contribution in [0.1, 0.15) is 25.3 Å². The first-order valence-electron chi connectivity index (χ1n) is 6.27. The van der Waals surface area contributed by atoms with Crippen LogP contribution in [0.5, 0.6) is 5.75 Å². The molecule has 0 bridgehead atoms. The Kier molecular flexibility index (Phi) is 4.85. The Bertz CT molecular complexity index is 636.